The van der Waals surface area contributed by atoms with Gasteiger partial charge in [0.15, 0.2) is 0 Å². The number of rotatable bonds is 0. The van der Waals surface area contributed by atoms with E-state index in [9.17, 15) is 0 Å². The van der Waals surface area contributed by atoms with E-state index in [0.717, 1.165) is 0 Å². The molecule has 0 N–H and O–H groups in total. The van der Waals surface area contributed by atoms with Gasteiger partial charge in [0.2, 0.25) is 0 Å². The SMILES string of the molecule is Cl.Cl.[Mn].[Mn]. The number of hydrogen-bond donors (Lipinski definition) is 0. The summed E-state index contributed by atoms with van der Waals surface area (Å²) < 4.78 is 0. The van der Waals surface area contributed by atoms with Gasteiger partial charge in [-0.2, -0.15) is 0 Å². The molecule has 0 aromatic carbocycles. The third kappa shape index (κ3) is 9.47. The minimum Gasteiger partial charge on any atom is -0.147 e. The zero-order chi connectivity index (χ0) is 0. The third-order valence-corrected chi connectivity index (χ3v) is 0. The monoisotopic (exact) mass is 182 g/mol. The molecule has 0 bridgehead atoms. The summed E-state index contributed by atoms with van der Waals surface area (Å²) in [5.74, 6) is 0. The molecule has 2 radical (unpaired) electrons. The van der Waals surface area contributed by atoms with Crippen molar-refractivity contribution in [2.24, 2.45) is 0 Å². The summed E-state index contributed by atoms with van der Waals surface area (Å²) in [4.78, 5) is 0. The smallest absolute Gasteiger partial charge is 0 e. The maximum absolute atomic E-state index is 0. The van der Waals surface area contributed by atoms with Crippen molar-refractivity contribution in [1.29, 1.82) is 0 Å². The Kier molecular flexibility index (Phi) is 264. The van der Waals surface area contributed by atoms with E-state index in [-0.39, 0.29) is 59.0 Å². The normalized spacial score (nSPS) is 0. The fourth-order valence-electron chi connectivity index (χ4n) is 0. The molecule has 0 unspecified atom stereocenters. The summed E-state index contributed by atoms with van der Waals surface area (Å²) in [5.41, 5.74) is 0. The molecule has 0 aliphatic carbocycles. The second-order valence-electron chi connectivity index (χ2n) is 0. The van der Waals surface area contributed by atoms with Crippen LogP contribution in [0.15, 0.2) is 0 Å². The molecule has 0 aromatic rings. The summed E-state index contributed by atoms with van der Waals surface area (Å²) in [7, 11) is 0. The van der Waals surface area contributed by atoms with E-state index in [2.05, 4.69) is 0 Å². The molecule has 0 atom stereocenters. The molecule has 4 heavy (non-hydrogen) atoms. The molecule has 0 amide bonds. The zero-order valence-electron chi connectivity index (χ0n) is 1.57. The fraction of sp³-hybridized carbons (Fsp3) is 0. The van der Waals surface area contributed by atoms with Gasteiger partial charge in [0, 0.05) is 34.1 Å². The summed E-state index contributed by atoms with van der Waals surface area (Å²) in [6.45, 7) is 0. The van der Waals surface area contributed by atoms with Crippen molar-refractivity contribution in [2.45, 2.75) is 0 Å². The Morgan fingerprint density at radius 1 is 0.500 bits per heavy atom. The first-order chi connectivity index (χ1) is 0. The number of hydrogen-bond acceptors (Lipinski definition) is 0. The summed E-state index contributed by atoms with van der Waals surface area (Å²) >= 11 is 0. The van der Waals surface area contributed by atoms with Gasteiger partial charge in [-0.25, -0.2) is 0 Å². The van der Waals surface area contributed by atoms with Gasteiger partial charge in [0.25, 0.3) is 0 Å². The molecule has 0 spiro atoms. The van der Waals surface area contributed by atoms with Crippen molar-refractivity contribution in [1.82, 2.24) is 0 Å². The Balaban J connectivity index is 0. The number of halogens is 2. The maximum Gasteiger partial charge on any atom is 0 e. The van der Waals surface area contributed by atoms with E-state index in [1.54, 1.807) is 0 Å². The molecule has 0 aliphatic rings. The summed E-state index contributed by atoms with van der Waals surface area (Å²) in [5, 5.41) is 0. The van der Waals surface area contributed by atoms with Crippen LogP contribution >= 0.6 is 24.8 Å². The van der Waals surface area contributed by atoms with Crippen LogP contribution in [-0.2, 0) is 34.1 Å². The van der Waals surface area contributed by atoms with Crippen molar-refractivity contribution in [3.63, 3.8) is 0 Å². The van der Waals surface area contributed by atoms with Gasteiger partial charge in [-0.15, -0.1) is 24.8 Å². The van der Waals surface area contributed by atoms with Gasteiger partial charge < -0.3 is 0 Å². The molecule has 0 fully saturated rings. The Hall–Kier alpha value is 1.62. The van der Waals surface area contributed by atoms with Crippen molar-refractivity contribution in [3.05, 3.63) is 0 Å². The van der Waals surface area contributed by atoms with E-state index < -0.39 is 0 Å². The molecule has 0 nitrogen and oxygen atoms in total. The van der Waals surface area contributed by atoms with Crippen LogP contribution in [0, 0.1) is 0 Å². The van der Waals surface area contributed by atoms with Crippen LogP contribution in [0.3, 0.4) is 0 Å². The van der Waals surface area contributed by atoms with Crippen molar-refractivity contribution in [2.75, 3.05) is 0 Å². The predicted molar refractivity (Wildman–Crippen MR) is 14.5 cm³/mol. The standard InChI is InChI=1S/2ClH.2Mn/h2*1H;;. The van der Waals surface area contributed by atoms with Gasteiger partial charge in [0.1, 0.15) is 0 Å². The largest absolute Gasteiger partial charge is 0.147 e. The molecular formula is H2Cl2Mn2. The Morgan fingerprint density at radius 2 is 0.500 bits per heavy atom. The molecule has 0 saturated carbocycles. The molecule has 0 saturated heterocycles. The van der Waals surface area contributed by atoms with Crippen molar-refractivity contribution in [3.8, 4) is 0 Å². The zero-order valence-corrected chi connectivity index (χ0v) is 5.57. The average molecular weight is 183 g/mol. The first-order valence-electron chi connectivity index (χ1n) is 0. The van der Waals surface area contributed by atoms with E-state index in [4.69, 9.17) is 0 Å². The molecule has 0 aliphatic heterocycles. The van der Waals surface area contributed by atoms with Crippen LogP contribution in [0.4, 0.5) is 0 Å². The molecular weight excluding hydrogens is 181 g/mol. The van der Waals surface area contributed by atoms with Gasteiger partial charge in [-0.05, 0) is 0 Å². The maximum atomic E-state index is 0. The van der Waals surface area contributed by atoms with Crippen LogP contribution in [0.1, 0.15) is 0 Å². The van der Waals surface area contributed by atoms with Crippen LogP contribution in [0.2, 0.25) is 0 Å². The Morgan fingerprint density at radius 3 is 0.500 bits per heavy atom. The first-order valence-corrected chi connectivity index (χ1v) is 0. The van der Waals surface area contributed by atoms with E-state index in [1.807, 2.05) is 0 Å². The van der Waals surface area contributed by atoms with Crippen LogP contribution < -0.4 is 0 Å². The van der Waals surface area contributed by atoms with Crippen LogP contribution in [-0.4, -0.2) is 0 Å². The first kappa shape index (κ1) is 45.7. The van der Waals surface area contributed by atoms with E-state index in [0.29, 0.717) is 0 Å². The Labute approximate surface area is 58.9 Å². The molecule has 4 heteroatoms. The van der Waals surface area contributed by atoms with Crippen LogP contribution in [0.25, 0.3) is 0 Å². The summed E-state index contributed by atoms with van der Waals surface area (Å²) in [6.07, 6.45) is 0. The fourth-order valence-corrected chi connectivity index (χ4v) is 0. The minimum absolute atomic E-state index is 0. The molecule has 0 aromatic heterocycles. The topological polar surface area (TPSA) is 0 Å². The van der Waals surface area contributed by atoms with Gasteiger partial charge in [0.05, 0.1) is 0 Å². The average Bonchev–Trinajstić information content (AvgIpc) is 0. The third-order valence-electron chi connectivity index (χ3n) is 0. The van der Waals surface area contributed by atoms with E-state index >= 15 is 0 Å². The van der Waals surface area contributed by atoms with Crippen molar-refractivity contribution >= 4 is 24.8 Å². The molecule has 30 valence electrons. The Bertz CT molecular complexity index is 4.00. The van der Waals surface area contributed by atoms with Crippen LogP contribution in [0.5, 0.6) is 0 Å². The second-order valence-corrected chi connectivity index (χ2v) is 0. The van der Waals surface area contributed by atoms with Gasteiger partial charge in [-0.1, -0.05) is 0 Å². The van der Waals surface area contributed by atoms with E-state index in [1.165, 1.54) is 0 Å². The summed E-state index contributed by atoms with van der Waals surface area (Å²) in [6, 6.07) is 0. The molecule has 0 heterocycles. The predicted octanol–water partition coefficient (Wildman–Crippen LogP) is 0.839. The minimum atomic E-state index is 0. The van der Waals surface area contributed by atoms with Crippen molar-refractivity contribution < 1.29 is 34.1 Å². The molecule has 0 rings (SSSR count). The second kappa shape index (κ2) is 23.1. The quantitative estimate of drug-likeness (QED) is 0.488. The van der Waals surface area contributed by atoms with Gasteiger partial charge >= 0.3 is 0 Å². The van der Waals surface area contributed by atoms with Gasteiger partial charge in [-0.3, -0.25) is 0 Å².